The van der Waals surface area contributed by atoms with Gasteiger partial charge < -0.3 is 20.4 Å². The fourth-order valence-corrected chi connectivity index (χ4v) is 1.91. The van der Waals surface area contributed by atoms with Crippen LogP contribution in [-0.2, 0) is 6.54 Å². The highest BCUT2D eigenvalue weighted by atomic mass is 16.3. The van der Waals surface area contributed by atoms with Gasteiger partial charge >= 0.3 is 6.03 Å². The summed E-state index contributed by atoms with van der Waals surface area (Å²) >= 11 is 0. The number of furan rings is 1. The Morgan fingerprint density at radius 1 is 1.05 bits per heavy atom. The third-order valence-electron chi connectivity index (χ3n) is 2.98. The minimum Gasteiger partial charge on any atom is -0.459 e. The Hall–Kier alpha value is -2.76. The highest BCUT2D eigenvalue weighted by Crippen LogP contribution is 2.03. The standard InChI is InChI=1S/C16H19N3O3/c1-12-4-2-5-13(10-12)11-19-16(21)18-8-7-17-15(20)14-6-3-9-22-14/h2-6,9-10H,7-8,11H2,1H3,(H,17,20)(H2,18,19,21). The predicted molar refractivity (Wildman–Crippen MR) is 82.5 cm³/mol. The van der Waals surface area contributed by atoms with Gasteiger partial charge in [0, 0.05) is 19.6 Å². The minimum absolute atomic E-state index is 0.254. The second-order valence-corrected chi connectivity index (χ2v) is 4.83. The van der Waals surface area contributed by atoms with Gasteiger partial charge in [-0.15, -0.1) is 0 Å². The summed E-state index contributed by atoms with van der Waals surface area (Å²) in [6.45, 7) is 3.14. The Kier molecular flexibility index (Phi) is 5.59. The van der Waals surface area contributed by atoms with Crippen LogP contribution < -0.4 is 16.0 Å². The molecule has 0 bridgehead atoms. The lowest BCUT2D eigenvalue weighted by atomic mass is 10.1. The van der Waals surface area contributed by atoms with Crippen LogP contribution in [0, 0.1) is 6.92 Å². The molecule has 0 aliphatic rings. The van der Waals surface area contributed by atoms with Gasteiger partial charge in [-0.2, -0.15) is 0 Å². The number of hydrogen-bond acceptors (Lipinski definition) is 3. The molecule has 1 aromatic carbocycles. The molecule has 116 valence electrons. The Bertz CT molecular complexity index is 623. The summed E-state index contributed by atoms with van der Waals surface area (Å²) in [7, 11) is 0. The molecule has 0 aliphatic heterocycles. The molecule has 6 heteroatoms. The van der Waals surface area contributed by atoms with Gasteiger partial charge in [0.2, 0.25) is 0 Å². The molecule has 22 heavy (non-hydrogen) atoms. The largest absolute Gasteiger partial charge is 0.459 e. The van der Waals surface area contributed by atoms with Gasteiger partial charge in [-0.1, -0.05) is 29.8 Å². The monoisotopic (exact) mass is 301 g/mol. The van der Waals surface area contributed by atoms with Crippen molar-refractivity contribution in [2.75, 3.05) is 13.1 Å². The molecular weight excluding hydrogens is 282 g/mol. The van der Waals surface area contributed by atoms with Gasteiger partial charge in [-0.05, 0) is 24.6 Å². The molecule has 2 rings (SSSR count). The van der Waals surface area contributed by atoms with Crippen molar-refractivity contribution in [1.29, 1.82) is 0 Å². The maximum atomic E-state index is 11.6. The molecule has 0 fully saturated rings. The molecule has 1 aromatic heterocycles. The zero-order valence-corrected chi connectivity index (χ0v) is 12.4. The van der Waals surface area contributed by atoms with E-state index < -0.39 is 0 Å². The number of amides is 3. The molecule has 6 nitrogen and oxygen atoms in total. The summed E-state index contributed by atoms with van der Waals surface area (Å²) in [6.07, 6.45) is 1.44. The zero-order valence-electron chi connectivity index (χ0n) is 12.4. The Morgan fingerprint density at radius 2 is 1.86 bits per heavy atom. The smallest absolute Gasteiger partial charge is 0.315 e. The first kappa shape index (κ1) is 15.6. The van der Waals surface area contributed by atoms with Gasteiger partial charge in [-0.25, -0.2) is 4.79 Å². The number of hydrogen-bond donors (Lipinski definition) is 3. The van der Waals surface area contributed by atoms with E-state index in [1.54, 1.807) is 12.1 Å². The van der Waals surface area contributed by atoms with Crippen LogP contribution in [0.5, 0.6) is 0 Å². The second-order valence-electron chi connectivity index (χ2n) is 4.83. The number of aryl methyl sites for hydroxylation is 1. The predicted octanol–water partition coefficient (Wildman–Crippen LogP) is 1.82. The second kappa shape index (κ2) is 7.87. The molecule has 3 N–H and O–H groups in total. The molecule has 0 saturated heterocycles. The molecule has 0 atom stereocenters. The molecule has 0 radical (unpaired) electrons. The summed E-state index contributed by atoms with van der Waals surface area (Å²) in [5.74, 6) is -0.0455. The van der Waals surface area contributed by atoms with E-state index in [9.17, 15) is 9.59 Å². The van der Waals surface area contributed by atoms with E-state index in [1.165, 1.54) is 6.26 Å². The van der Waals surface area contributed by atoms with E-state index in [-0.39, 0.29) is 17.7 Å². The van der Waals surface area contributed by atoms with Crippen LogP contribution in [0.4, 0.5) is 4.79 Å². The first-order chi connectivity index (χ1) is 10.6. The quantitative estimate of drug-likeness (QED) is 0.712. The fraction of sp³-hybridized carbons (Fsp3) is 0.250. The third kappa shape index (κ3) is 4.97. The van der Waals surface area contributed by atoms with Gasteiger partial charge in [0.25, 0.3) is 5.91 Å². The van der Waals surface area contributed by atoms with E-state index >= 15 is 0 Å². The van der Waals surface area contributed by atoms with Crippen LogP contribution in [0.3, 0.4) is 0 Å². The van der Waals surface area contributed by atoms with E-state index in [0.717, 1.165) is 11.1 Å². The molecule has 0 aliphatic carbocycles. The maximum absolute atomic E-state index is 11.6. The van der Waals surface area contributed by atoms with Crippen LogP contribution in [-0.4, -0.2) is 25.0 Å². The van der Waals surface area contributed by atoms with Crippen LogP contribution in [0.25, 0.3) is 0 Å². The average molecular weight is 301 g/mol. The van der Waals surface area contributed by atoms with Gasteiger partial charge in [0.05, 0.1) is 6.26 Å². The first-order valence-electron chi connectivity index (χ1n) is 7.04. The highest BCUT2D eigenvalue weighted by molar-refractivity contribution is 5.91. The lowest BCUT2D eigenvalue weighted by Gasteiger charge is -2.08. The summed E-state index contributed by atoms with van der Waals surface area (Å²) in [4.78, 5) is 23.2. The summed E-state index contributed by atoms with van der Waals surface area (Å²) < 4.78 is 4.96. The molecule has 0 saturated carbocycles. The van der Waals surface area contributed by atoms with E-state index in [1.807, 2.05) is 31.2 Å². The SMILES string of the molecule is Cc1cccc(CNC(=O)NCCNC(=O)c2ccco2)c1. The van der Waals surface area contributed by atoms with E-state index in [0.29, 0.717) is 19.6 Å². The van der Waals surface area contributed by atoms with Gasteiger partial charge in [0.1, 0.15) is 0 Å². The normalized spacial score (nSPS) is 10.0. The lowest BCUT2D eigenvalue weighted by molar-refractivity contribution is 0.0926. The number of carbonyl (C=O) groups is 2. The average Bonchev–Trinajstić information content (AvgIpc) is 3.04. The molecule has 2 aromatic rings. The molecule has 0 unspecified atom stereocenters. The number of benzene rings is 1. The van der Waals surface area contributed by atoms with E-state index in [4.69, 9.17) is 4.42 Å². The fourth-order valence-electron chi connectivity index (χ4n) is 1.91. The summed E-state index contributed by atoms with van der Waals surface area (Å²) in [5, 5.41) is 8.08. The summed E-state index contributed by atoms with van der Waals surface area (Å²) in [5.41, 5.74) is 2.20. The molecule has 3 amide bonds. The number of nitrogens with one attached hydrogen (secondary N) is 3. The van der Waals surface area contributed by atoms with Crippen molar-refractivity contribution in [2.24, 2.45) is 0 Å². The van der Waals surface area contributed by atoms with E-state index in [2.05, 4.69) is 16.0 Å². The van der Waals surface area contributed by atoms with Crippen LogP contribution >= 0.6 is 0 Å². The first-order valence-corrected chi connectivity index (χ1v) is 7.04. The molecule has 0 spiro atoms. The van der Waals surface area contributed by atoms with Crippen molar-refractivity contribution in [2.45, 2.75) is 13.5 Å². The van der Waals surface area contributed by atoms with Crippen LogP contribution in [0.1, 0.15) is 21.7 Å². The van der Waals surface area contributed by atoms with Gasteiger partial charge in [0.15, 0.2) is 5.76 Å². The number of carbonyl (C=O) groups excluding carboxylic acids is 2. The third-order valence-corrected chi connectivity index (χ3v) is 2.98. The minimum atomic E-state index is -0.299. The Balaban J connectivity index is 1.61. The van der Waals surface area contributed by atoms with Crippen LogP contribution in [0.15, 0.2) is 47.1 Å². The van der Waals surface area contributed by atoms with Crippen LogP contribution in [0.2, 0.25) is 0 Å². The lowest BCUT2D eigenvalue weighted by Crippen LogP contribution is -2.40. The molecule has 1 heterocycles. The number of rotatable bonds is 6. The number of urea groups is 1. The zero-order chi connectivity index (χ0) is 15.8. The van der Waals surface area contributed by atoms with Crippen molar-refractivity contribution in [1.82, 2.24) is 16.0 Å². The summed E-state index contributed by atoms with van der Waals surface area (Å²) in [6, 6.07) is 10.9. The topological polar surface area (TPSA) is 83.4 Å². The van der Waals surface area contributed by atoms with Gasteiger partial charge in [-0.3, -0.25) is 4.79 Å². The van der Waals surface area contributed by atoms with Crippen molar-refractivity contribution < 1.29 is 14.0 Å². The Labute approximate surface area is 128 Å². The highest BCUT2D eigenvalue weighted by Gasteiger charge is 2.07. The Morgan fingerprint density at radius 3 is 2.59 bits per heavy atom. The van der Waals surface area contributed by atoms with Crippen molar-refractivity contribution >= 4 is 11.9 Å². The maximum Gasteiger partial charge on any atom is 0.315 e. The van der Waals surface area contributed by atoms with Crippen molar-refractivity contribution in [3.05, 3.63) is 59.5 Å². The molecular formula is C16H19N3O3. The van der Waals surface area contributed by atoms with Crippen molar-refractivity contribution in [3.8, 4) is 0 Å². The van der Waals surface area contributed by atoms with Crippen molar-refractivity contribution in [3.63, 3.8) is 0 Å².